The molecule has 154 valence electrons. The zero-order valence-electron chi connectivity index (χ0n) is 16.8. The molecule has 0 saturated heterocycles. The molecule has 30 heavy (non-hydrogen) atoms. The van der Waals surface area contributed by atoms with E-state index in [2.05, 4.69) is 15.8 Å². The first-order chi connectivity index (χ1) is 14.6. The third-order valence-electron chi connectivity index (χ3n) is 4.23. The van der Waals surface area contributed by atoms with E-state index in [1.54, 1.807) is 36.5 Å². The Labute approximate surface area is 180 Å². The number of nitrogens with zero attached hydrogens (tertiary/aromatic N) is 1. The van der Waals surface area contributed by atoms with Gasteiger partial charge in [-0.15, -0.1) is 0 Å². The number of fused-ring (bicyclic) bond motifs is 1. The molecule has 0 fully saturated rings. The second kappa shape index (κ2) is 10.4. The van der Waals surface area contributed by atoms with Crippen LogP contribution in [0.2, 0.25) is 0 Å². The van der Waals surface area contributed by atoms with Crippen molar-refractivity contribution in [1.29, 1.82) is 0 Å². The number of hydrogen-bond acceptors (Lipinski definition) is 5. The average Bonchev–Trinajstić information content (AvgIpc) is 2.76. The van der Waals surface area contributed by atoms with E-state index in [1.807, 2.05) is 44.2 Å². The lowest BCUT2D eigenvalue weighted by Crippen LogP contribution is -2.31. The standard InChI is InChI=1S/C23H23N3O3S/c1-3-24-23(30)26-25-15-20-19-8-6-5-7-16(19)11-14-21(20)29-22(27)17-9-12-18(13-10-17)28-4-2/h5-15H,3-4H2,1-2H3,(H2,24,26,30)/b25-15-. The molecule has 0 spiro atoms. The van der Waals surface area contributed by atoms with E-state index < -0.39 is 5.97 Å². The van der Waals surface area contributed by atoms with Crippen LogP contribution < -0.4 is 20.2 Å². The molecule has 0 unspecified atom stereocenters. The van der Waals surface area contributed by atoms with Gasteiger partial charge in [-0.25, -0.2) is 4.79 Å². The Bertz CT molecular complexity index is 1060. The number of hydrogen-bond donors (Lipinski definition) is 2. The Balaban J connectivity index is 1.87. The van der Waals surface area contributed by atoms with Crippen LogP contribution in [0, 0.1) is 0 Å². The highest BCUT2D eigenvalue weighted by molar-refractivity contribution is 7.80. The van der Waals surface area contributed by atoms with E-state index in [0.717, 1.165) is 10.8 Å². The zero-order valence-corrected chi connectivity index (χ0v) is 17.7. The Morgan fingerprint density at radius 2 is 1.83 bits per heavy atom. The summed E-state index contributed by atoms with van der Waals surface area (Å²) in [4.78, 5) is 12.7. The van der Waals surface area contributed by atoms with E-state index in [4.69, 9.17) is 21.7 Å². The maximum absolute atomic E-state index is 12.7. The number of thiocarbonyl (C=S) groups is 1. The molecule has 7 heteroatoms. The van der Waals surface area contributed by atoms with Crippen molar-refractivity contribution in [1.82, 2.24) is 10.7 Å². The molecule has 3 aromatic rings. The lowest BCUT2D eigenvalue weighted by atomic mass is 10.0. The second-order valence-electron chi connectivity index (χ2n) is 6.27. The molecule has 6 nitrogen and oxygen atoms in total. The van der Waals surface area contributed by atoms with Crippen molar-refractivity contribution >= 4 is 40.3 Å². The van der Waals surface area contributed by atoms with Gasteiger partial charge in [0.2, 0.25) is 0 Å². The van der Waals surface area contributed by atoms with Gasteiger partial charge in [-0.05, 0) is 67.2 Å². The van der Waals surface area contributed by atoms with Crippen LogP contribution in [0.3, 0.4) is 0 Å². The summed E-state index contributed by atoms with van der Waals surface area (Å²) in [5.41, 5.74) is 3.87. The van der Waals surface area contributed by atoms with Crippen LogP contribution in [0.1, 0.15) is 29.8 Å². The molecule has 2 N–H and O–H groups in total. The van der Waals surface area contributed by atoms with Gasteiger partial charge in [-0.3, -0.25) is 5.43 Å². The van der Waals surface area contributed by atoms with Gasteiger partial charge >= 0.3 is 5.97 Å². The molecule has 0 saturated carbocycles. The highest BCUT2D eigenvalue weighted by atomic mass is 32.1. The summed E-state index contributed by atoms with van der Waals surface area (Å²) < 4.78 is 11.1. The molecule has 0 aromatic heterocycles. The normalized spacial score (nSPS) is 10.7. The van der Waals surface area contributed by atoms with E-state index in [1.165, 1.54) is 0 Å². The molecular formula is C23H23N3O3S. The highest BCUT2D eigenvalue weighted by Crippen LogP contribution is 2.27. The SMILES string of the molecule is CCNC(=S)N/N=C\c1c(OC(=O)c2ccc(OCC)cc2)ccc2ccccc12. The smallest absolute Gasteiger partial charge is 0.343 e. The monoisotopic (exact) mass is 421 g/mol. The molecule has 0 aliphatic heterocycles. The summed E-state index contributed by atoms with van der Waals surface area (Å²) in [6, 6.07) is 18.3. The minimum atomic E-state index is -0.459. The molecule has 0 heterocycles. The zero-order chi connectivity index (χ0) is 21.3. The highest BCUT2D eigenvalue weighted by Gasteiger charge is 2.13. The molecule has 0 aliphatic rings. The average molecular weight is 422 g/mol. The van der Waals surface area contributed by atoms with Gasteiger partial charge in [0.15, 0.2) is 5.11 Å². The first kappa shape index (κ1) is 21.3. The largest absolute Gasteiger partial charge is 0.494 e. The van der Waals surface area contributed by atoms with Crippen molar-refractivity contribution in [3.05, 3.63) is 71.8 Å². The Hall–Kier alpha value is -3.45. The summed E-state index contributed by atoms with van der Waals surface area (Å²) in [5.74, 6) is 0.655. The molecular weight excluding hydrogens is 398 g/mol. The van der Waals surface area contributed by atoms with Gasteiger partial charge in [0.05, 0.1) is 18.4 Å². The number of rotatable bonds is 7. The van der Waals surface area contributed by atoms with E-state index in [9.17, 15) is 4.79 Å². The molecule has 0 bridgehead atoms. The maximum atomic E-state index is 12.7. The van der Waals surface area contributed by atoms with Crippen molar-refractivity contribution < 1.29 is 14.3 Å². The lowest BCUT2D eigenvalue weighted by molar-refractivity contribution is 0.0734. The molecule has 0 radical (unpaired) electrons. The minimum absolute atomic E-state index is 0.410. The Morgan fingerprint density at radius 1 is 1.07 bits per heavy atom. The van der Waals surface area contributed by atoms with Crippen LogP contribution >= 0.6 is 12.2 Å². The van der Waals surface area contributed by atoms with Crippen LogP contribution in [0.15, 0.2) is 65.8 Å². The first-order valence-corrected chi connectivity index (χ1v) is 10.1. The molecule has 3 rings (SSSR count). The van der Waals surface area contributed by atoms with Gasteiger partial charge in [0.1, 0.15) is 11.5 Å². The number of carbonyl (C=O) groups excluding carboxylic acids is 1. The lowest BCUT2D eigenvalue weighted by Gasteiger charge is -2.11. The van der Waals surface area contributed by atoms with Crippen molar-refractivity contribution in [2.24, 2.45) is 5.10 Å². The van der Waals surface area contributed by atoms with E-state index in [0.29, 0.717) is 40.9 Å². The maximum Gasteiger partial charge on any atom is 0.343 e. The second-order valence-corrected chi connectivity index (χ2v) is 6.68. The predicted octanol–water partition coefficient (Wildman–Crippen LogP) is 4.28. The molecule has 0 atom stereocenters. The van der Waals surface area contributed by atoms with Crippen molar-refractivity contribution in [2.45, 2.75) is 13.8 Å². The number of benzene rings is 3. The summed E-state index contributed by atoms with van der Waals surface area (Å²) in [7, 11) is 0. The summed E-state index contributed by atoms with van der Waals surface area (Å²) in [6.45, 7) is 5.11. The summed E-state index contributed by atoms with van der Waals surface area (Å²) in [6.07, 6.45) is 1.60. The third kappa shape index (κ3) is 5.33. The molecule has 0 aliphatic carbocycles. The topological polar surface area (TPSA) is 72.0 Å². The quantitative estimate of drug-likeness (QED) is 0.195. The molecule has 3 aromatic carbocycles. The molecule has 0 amide bonds. The van der Waals surface area contributed by atoms with Crippen LogP contribution in [0.25, 0.3) is 10.8 Å². The van der Waals surface area contributed by atoms with Gasteiger partial charge in [-0.2, -0.15) is 5.10 Å². The fraction of sp³-hybridized carbons (Fsp3) is 0.174. The summed E-state index contributed by atoms with van der Waals surface area (Å²) >= 11 is 5.13. The Kier molecular flexibility index (Phi) is 7.34. The van der Waals surface area contributed by atoms with Gasteiger partial charge in [0.25, 0.3) is 0 Å². The number of ether oxygens (including phenoxy) is 2. The number of esters is 1. The summed E-state index contributed by atoms with van der Waals surface area (Å²) in [5, 5.41) is 9.50. The number of carbonyl (C=O) groups is 1. The number of nitrogens with one attached hydrogen (secondary N) is 2. The van der Waals surface area contributed by atoms with Crippen molar-refractivity contribution in [2.75, 3.05) is 13.2 Å². The first-order valence-electron chi connectivity index (χ1n) is 9.66. The van der Waals surface area contributed by atoms with Gasteiger partial charge in [0, 0.05) is 12.1 Å². The minimum Gasteiger partial charge on any atom is -0.494 e. The third-order valence-corrected chi connectivity index (χ3v) is 4.47. The van der Waals surface area contributed by atoms with Crippen LogP contribution in [-0.4, -0.2) is 30.4 Å². The number of hydrazone groups is 1. The predicted molar refractivity (Wildman–Crippen MR) is 124 cm³/mol. The van der Waals surface area contributed by atoms with Crippen LogP contribution in [0.4, 0.5) is 0 Å². The Morgan fingerprint density at radius 3 is 2.57 bits per heavy atom. The van der Waals surface area contributed by atoms with Crippen molar-refractivity contribution in [3.8, 4) is 11.5 Å². The van der Waals surface area contributed by atoms with Gasteiger partial charge < -0.3 is 14.8 Å². The van der Waals surface area contributed by atoms with E-state index in [-0.39, 0.29) is 0 Å². The van der Waals surface area contributed by atoms with E-state index >= 15 is 0 Å². The van der Waals surface area contributed by atoms with Crippen LogP contribution in [0.5, 0.6) is 11.5 Å². The van der Waals surface area contributed by atoms with Crippen LogP contribution in [-0.2, 0) is 0 Å². The van der Waals surface area contributed by atoms with Gasteiger partial charge in [-0.1, -0.05) is 30.3 Å². The fourth-order valence-corrected chi connectivity index (χ4v) is 3.06. The van der Waals surface area contributed by atoms with Crippen molar-refractivity contribution in [3.63, 3.8) is 0 Å². The fourth-order valence-electron chi connectivity index (χ4n) is 2.87.